The summed E-state index contributed by atoms with van der Waals surface area (Å²) in [5.41, 5.74) is -0.530. The second-order valence-corrected chi connectivity index (χ2v) is 4.76. The van der Waals surface area contributed by atoms with Crippen LogP contribution in [0.2, 0.25) is 0 Å². The van der Waals surface area contributed by atoms with Gasteiger partial charge in [-0.05, 0) is 40.5 Å². The number of halogens is 3. The van der Waals surface area contributed by atoms with E-state index in [0.717, 1.165) is 0 Å². The van der Waals surface area contributed by atoms with Crippen molar-refractivity contribution >= 4 is 15.9 Å². The second-order valence-electron chi connectivity index (χ2n) is 3.97. The molecule has 1 aliphatic heterocycles. The Morgan fingerprint density at radius 1 is 1.47 bits per heavy atom. The van der Waals surface area contributed by atoms with Crippen molar-refractivity contribution in [3.63, 3.8) is 0 Å². The van der Waals surface area contributed by atoms with E-state index in [2.05, 4.69) is 21.2 Å². The van der Waals surface area contributed by atoms with E-state index < -0.39 is 5.67 Å². The highest BCUT2D eigenvalue weighted by atomic mass is 79.9. The van der Waals surface area contributed by atoms with Crippen LogP contribution in [0.3, 0.4) is 0 Å². The van der Waals surface area contributed by atoms with E-state index in [1.807, 2.05) is 0 Å². The fourth-order valence-corrected chi connectivity index (χ4v) is 2.29. The Balaban J connectivity index is 2.20. The Morgan fingerprint density at radius 2 is 2.27 bits per heavy atom. The van der Waals surface area contributed by atoms with Crippen molar-refractivity contribution in [2.24, 2.45) is 0 Å². The van der Waals surface area contributed by atoms with Crippen LogP contribution in [-0.4, -0.2) is 18.8 Å². The van der Waals surface area contributed by atoms with E-state index in [-0.39, 0.29) is 12.2 Å². The summed E-state index contributed by atoms with van der Waals surface area (Å²) in [6, 6.07) is 4.74. The molecule has 1 aromatic rings. The van der Waals surface area contributed by atoms with Gasteiger partial charge >= 0.3 is 0 Å². The van der Waals surface area contributed by atoms with Gasteiger partial charge in [0.25, 0.3) is 0 Å². The summed E-state index contributed by atoms with van der Waals surface area (Å²) in [5.74, 6) is -0.331. The van der Waals surface area contributed by atoms with Crippen molar-refractivity contribution in [1.82, 2.24) is 5.32 Å². The molecular weight excluding hydrogens is 264 g/mol. The van der Waals surface area contributed by atoms with Gasteiger partial charge in [0.1, 0.15) is 11.5 Å². The van der Waals surface area contributed by atoms with Crippen LogP contribution in [0.15, 0.2) is 22.7 Å². The van der Waals surface area contributed by atoms with Crippen LogP contribution >= 0.6 is 15.9 Å². The van der Waals surface area contributed by atoms with Crippen molar-refractivity contribution in [3.8, 4) is 0 Å². The van der Waals surface area contributed by atoms with E-state index in [1.54, 1.807) is 12.1 Å². The van der Waals surface area contributed by atoms with Gasteiger partial charge in [-0.25, -0.2) is 8.78 Å². The van der Waals surface area contributed by atoms with Gasteiger partial charge < -0.3 is 5.32 Å². The zero-order chi connectivity index (χ0) is 10.9. The number of alkyl halides is 1. The average Bonchev–Trinajstić information content (AvgIpc) is 2.60. The lowest BCUT2D eigenvalue weighted by Crippen LogP contribution is -2.28. The van der Waals surface area contributed by atoms with Crippen LogP contribution in [0.1, 0.15) is 12.0 Å². The first-order valence-electron chi connectivity index (χ1n) is 4.93. The van der Waals surface area contributed by atoms with Crippen molar-refractivity contribution in [2.75, 3.05) is 13.1 Å². The first-order valence-corrected chi connectivity index (χ1v) is 5.73. The van der Waals surface area contributed by atoms with Crippen molar-refractivity contribution < 1.29 is 8.78 Å². The van der Waals surface area contributed by atoms with Crippen LogP contribution in [0.25, 0.3) is 0 Å². The molecule has 1 nitrogen and oxygen atoms in total. The maximum atomic E-state index is 14.1. The summed E-state index contributed by atoms with van der Waals surface area (Å²) in [7, 11) is 0. The molecule has 0 amide bonds. The molecule has 1 unspecified atom stereocenters. The van der Waals surface area contributed by atoms with E-state index in [1.165, 1.54) is 6.07 Å². The summed E-state index contributed by atoms with van der Waals surface area (Å²) in [6.07, 6.45) is 0.758. The van der Waals surface area contributed by atoms with Crippen LogP contribution in [-0.2, 0) is 6.42 Å². The molecule has 1 heterocycles. The van der Waals surface area contributed by atoms with Gasteiger partial charge in [0, 0.05) is 13.0 Å². The molecule has 0 aliphatic carbocycles. The second kappa shape index (κ2) is 4.18. The molecule has 15 heavy (non-hydrogen) atoms. The third kappa shape index (κ3) is 2.37. The number of hydrogen-bond donors (Lipinski definition) is 1. The van der Waals surface area contributed by atoms with Crippen molar-refractivity contribution in [3.05, 3.63) is 34.1 Å². The number of hydrogen-bond acceptors (Lipinski definition) is 1. The summed E-state index contributed by atoms with van der Waals surface area (Å²) >= 11 is 3.15. The van der Waals surface area contributed by atoms with Crippen molar-refractivity contribution in [1.29, 1.82) is 0 Å². The molecule has 1 atom stereocenters. The molecule has 0 spiro atoms. The molecule has 0 bridgehead atoms. The lowest BCUT2D eigenvalue weighted by molar-refractivity contribution is 0.190. The quantitative estimate of drug-likeness (QED) is 0.875. The molecule has 0 saturated carbocycles. The highest BCUT2D eigenvalue weighted by Gasteiger charge is 2.34. The Labute approximate surface area is 96.0 Å². The average molecular weight is 276 g/mol. The predicted octanol–water partition coefficient (Wildman–Crippen LogP) is 2.83. The fourth-order valence-electron chi connectivity index (χ4n) is 1.89. The summed E-state index contributed by atoms with van der Waals surface area (Å²) in [6.45, 7) is 1.05. The molecule has 1 N–H and O–H groups in total. The molecule has 2 rings (SSSR count). The molecule has 1 aliphatic rings. The molecule has 0 aromatic heterocycles. The summed E-state index contributed by atoms with van der Waals surface area (Å²) in [4.78, 5) is 0. The lowest BCUT2D eigenvalue weighted by Gasteiger charge is -2.18. The minimum Gasteiger partial charge on any atom is -0.313 e. The van der Waals surface area contributed by atoms with Gasteiger partial charge in [0.15, 0.2) is 0 Å². The zero-order valence-electron chi connectivity index (χ0n) is 8.19. The number of nitrogens with one attached hydrogen (secondary N) is 1. The lowest BCUT2D eigenvalue weighted by atomic mass is 9.95. The topological polar surface area (TPSA) is 12.0 Å². The molecule has 0 radical (unpaired) electrons. The summed E-state index contributed by atoms with van der Waals surface area (Å²) in [5, 5.41) is 2.98. The van der Waals surface area contributed by atoms with Crippen LogP contribution in [0.5, 0.6) is 0 Å². The fraction of sp³-hybridized carbons (Fsp3) is 0.455. The molecule has 1 saturated heterocycles. The monoisotopic (exact) mass is 275 g/mol. The van der Waals surface area contributed by atoms with Crippen molar-refractivity contribution in [2.45, 2.75) is 18.5 Å². The third-order valence-electron chi connectivity index (χ3n) is 2.73. The first-order chi connectivity index (χ1) is 7.11. The Bertz CT molecular complexity index is 362. The molecular formula is C11H12BrF2N. The first kappa shape index (κ1) is 11.0. The normalized spacial score (nSPS) is 25.8. The number of benzene rings is 1. The Morgan fingerprint density at radius 3 is 2.93 bits per heavy atom. The van der Waals surface area contributed by atoms with Gasteiger partial charge in [-0.1, -0.05) is 12.1 Å². The van der Waals surface area contributed by atoms with Gasteiger partial charge in [-0.15, -0.1) is 0 Å². The summed E-state index contributed by atoms with van der Waals surface area (Å²) < 4.78 is 27.7. The minimum atomic E-state index is -1.23. The molecule has 1 fully saturated rings. The number of rotatable bonds is 2. The van der Waals surface area contributed by atoms with Crippen LogP contribution in [0, 0.1) is 5.82 Å². The standard InChI is InChI=1S/C11H12BrF2N/c12-10-8(2-1-3-9(10)13)6-11(14)4-5-15-7-11/h1-3,15H,4-7H2. The van der Waals surface area contributed by atoms with E-state index in [0.29, 0.717) is 29.5 Å². The van der Waals surface area contributed by atoms with E-state index in [9.17, 15) is 8.78 Å². The van der Waals surface area contributed by atoms with E-state index in [4.69, 9.17) is 0 Å². The Kier molecular flexibility index (Phi) is 3.07. The van der Waals surface area contributed by atoms with Gasteiger partial charge in [0.05, 0.1) is 4.47 Å². The van der Waals surface area contributed by atoms with Crippen LogP contribution in [0.4, 0.5) is 8.78 Å². The van der Waals surface area contributed by atoms with Gasteiger partial charge in [-0.2, -0.15) is 0 Å². The maximum Gasteiger partial charge on any atom is 0.137 e. The van der Waals surface area contributed by atoms with E-state index >= 15 is 0 Å². The third-order valence-corrected chi connectivity index (χ3v) is 3.62. The molecule has 1 aromatic carbocycles. The minimum absolute atomic E-state index is 0.262. The SMILES string of the molecule is Fc1cccc(CC2(F)CCNC2)c1Br. The molecule has 4 heteroatoms. The highest BCUT2D eigenvalue weighted by molar-refractivity contribution is 9.10. The Hall–Kier alpha value is -0.480. The van der Waals surface area contributed by atoms with Crippen LogP contribution < -0.4 is 5.32 Å². The zero-order valence-corrected chi connectivity index (χ0v) is 9.78. The molecule has 82 valence electrons. The highest BCUT2D eigenvalue weighted by Crippen LogP contribution is 2.29. The smallest absolute Gasteiger partial charge is 0.137 e. The predicted molar refractivity (Wildman–Crippen MR) is 59.1 cm³/mol. The van der Waals surface area contributed by atoms with Gasteiger partial charge in [-0.3, -0.25) is 0 Å². The van der Waals surface area contributed by atoms with Gasteiger partial charge in [0.2, 0.25) is 0 Å². The maximum absolute atomic E-state index is 14.1. The largest absolute Gasteiger partial charge is 0.313 e.